The number of amides is 2. The molecule has 1 aromatic rings. The van der Waals surface area contributed by atoms with E-state index in [0.29, 0.717) is 43.2 Å². The first-order valence-electron chi connectivity index (χ1n) is 7.64. The van der Waals surface area contributed by atoms with Crippen molar-refractivity contribution in [1.82, 2.24) is 9.80 Å². The van der Waals surface area contributed by atoms with Gasteiger partial charge in [0.1, 0.15) is 12.4 Å². The van der Waals surface area contributed by atoms with Crippen LogP contribution in [0.3, 0.4) is 0 Å². The number of aliphatic hydroxyl groups is 1. The molecule has 1 heterocycles. The zero-order valence-electron chi connectivity index (χ0n) is 12.5. The van der Waals surface area contributed by atoms with Gasteiger partial charge in [-0.2, -0.15) is 0 Å². The Labute approximate surface area is 138 Å². The predicted octanol–water partition coefficient (Wildman–Crippen LogP) is 1.25. The SMILES string of the molecule is O=C(CO)N1CCN(C(=O)C2CC2c2c(F)cccc2Cl)CC1. The van der Waals surface area contributed by atoms with Crippen LogP contribution in [-0.2, 0) is 9.59 Å². The van der Waals surface area contributed by atoms with Gasteiger partial charge in [0.05, 0.1) is 0 Å². The van der Waals surface area contributed by atoms with Gasteiger partial charge in [0.2, 0.25) is 11.8 Å². The van der Waals surface area contributed by atoms with Gasteiger partial charge in [-0.25, -0.2) is 4.39 Å². The van der Waals surface area contributed by atoms with E-state index >= 15 is 0 Å². The fraction of sp³-hybridized carbons (Fsp3) is 0.500. The quantitative estimate of drug-likeness (QED) is 0.900. The summed E-state index contributed by atoms with van der Waals surface area (Å²) in [5.41, 5.74) is 0.432. The van der Waals surface area contributed by atoms with Crippen molar-refractivity contribution in [3.8, 4) is 0 Å². The van der Waals surface area contributed by atoms with E-state index in [-0.39, 0.29) is 29.5 Å². The topological polar surface area (TPSA) is 60.9 Å². The first-order valence-corrected chi connectivity index (χ1v) is 8.02. The second kappa shape index (κ2) is 6.45. The highest BCUT2D eigenvalue weighted by atomic mass is 35.5. The minimum absolute atomic E-state index is 0.00887. The average Bonchev–Trinajstić information content (AvgIpc) is 3.33. The second-order valence-corrected chi connectivity index (χ2v) is 6.36. The van der Waals surface area contributed by atoms with Crippen LogP contribution in [0.2, 0.25) is 5.02 Å². The highest BCUT2D eigenvalue weighted by Crippen LogP contribution is 2.51. The molecule has 7 heteroatoms. The fourth-order valence-electron chi connectivity index (χ4n) is 3.16. The molecule has 0 radical (unpaired) electrons. The van der Waals surface area contributed by atoms with Gasteiger partial charge < -0.3 is 14.9 Å². The van der Waals surface area contributed by atoms with E-state index in [0.717, 1.165) is 0 Å². The highest BCUT2D eigenvalue weighted by Gasteiger charge is 2.48. The number of hydrogen-bond acceptors (Lipinski definition) is 3. The molecule has 2 amide bonds. The van der Waals surface area contributed by atoms with Crippen LogP contribution in [0.25, 0.3) is 0 Å². The molecular formula is C16H18ClFN2O3. The lowest BCUT2D eigenvalue weighted by molar-refractivity contribution is -0.141. The number of benzene rings is 1. The van der Waals surface area contributed by atoms with Crippen LogP contribution in [0.4, 0.5) is 4.39 Å². The van der Waals surface area contributed by atoms with Crippen LogP contribution < -0.4 is 0 Å². The summed E-state index contributed by atoms with van der Waals surface area (Å²) in [5.74, 6) is -1.08. The molecule has 1 N–H and O–H groups in total. The maximum atomic E-state index is 13.9. The standard InChI is InChI=1S/C16H18ClFN2O3/c17-12-2-1-3-13(18)15(12)10-8-11(10)16(23)20-6-4-19(5-7-20)14(22)9-21/h1-3,10-11,21H,4-9H2. The van der Waals surface area contributed by atoms with Crippen LogP contribution in [-0.4, -0.2) is 59.5 Å². The number of aliphatic hydroxyl groups excluding tert-OH is 1. The van der Waals surface area contributed by atoms with Gasteiger partial charge in [-0.05, 0) is 18.6 Å². The fourth-order valence-corrected chi connectivity index (χ4v) is 3.47. The predicted molar refractivity (Wildman–Crippen MR) is 82.5 cm³/mol. The Balaban J connectivity index is 1.60. The van der Waals surface area contributed by atoms with Gasteiger partial charge in [0, 0.05) is 48.6 Å². The van der Waals surface area contributed by atoms with Crippen molar-refractivity contribution < 1.29 is 19.1 Å². The molecule has 2 unspecified atom stereocenters. The van der Waals surface area contributed by atoms with E-state index in [4.69, 9.17) is 16.7 Å². The van der Waals surface area contributed by atoms with Crippen LogP contribution in [0.15, 0.2) is 18.2 Å². The molecule has 0 spiro atoms. The Hall–Kier alpha value is -1.66. The summed E-state index contributed by atoms with van der Waals surface area (Å²) in [4.78, 5) is 27.2. The molecule has 2 aliphatic rings. The maximum Gasteiger partial charge on any atom is 0.248 e. The van der Waals surface area contributed by atoms with E-state index in [1.54, 1.807) is 21.9 Å². The van der Waals surface area contributed by atoms with Gasteiger partial charge in [0.15, 0.2) is 0 Å². The number of piperazine rings is 1. The lowest BCUT2D eigenvalue weighted by Crippen LogP contribution is -2.51. The number of carbonyl (C=O) groups is 2. The van der Waals surface area contributed by atoms with Crippen LogP contribution in [0, 0.1) is 11.7 Å². The van der Waals surface area contributed by atoms with Crippen molar-refractivity contribution >= 4 is 23.4 Å². The van der Waals surface area contributed by atoms with Gasteiger partial charge in [-0.15, -0.1) is 0 Å². The number of carbonyl (C=O) groups excluding carboxylic acids is 2. The summed E-state index contributed by atoms with van der Waals surface area (Å²) >= 11 is 6.06. The highest BCUT2D eigenvalue weighted by molar-refractivity contribution is 6.31. The van der Waals surface area contributed by atoms with Crippen molar-refractivity contribution in [2.75, 3.05) is 32.8 Å². The minimum Gasteiger partial charge on any atom is -0.387 e. The summed E-state index contributed by atoms with van der Waals surface area (Å²) < 4.78 is 13.9. The monoisotopic (exact) mass is 340 g/mol. The van der Waals surface area contributed by atoms with E-state index in [1.165, 1.54) is 6.07 Å². The molecule has 1 aromatic carbocycles. The van der Waals surface area contributed by atoms with Crippen LogP contribution in [0.5, 0.6) is 0 Å². The van der Waals surface area contributed by atoms with Crippen molar-refractivity contribution in [3.05, 3.63) is 34.6 Å². The van der Waals surface area contributed by atoms with E-state index in [1.807, 2.05) is 0 Å². The van der Waals surface area contributed by atoms with Gasteiger partial charge >= 0.3 is 0 Å². The lowest BCUT2D eigenvalue weighted by Gasteiger charge is -2.34. The van der Waals surface area contributed by atoms with Crippen molar-refractivity contribution in [1.29, 1.82) is 0 Å². The Morgan fingerprint density at radius 3 is 2.48 bits per heavy atom. The van der Waals surface area contributed by atoms with E-state index < -0.39 is 6.61 Å². The molecule has 3 rings (SSSR count). The summed E-state index contributed by atoms with van der Waals surface area (Å²) in [5, 5.41) is 9.22. The van der Waals surface area contributed by atoms with Crippen LogP contribution in [0.1, 0.15) is 17.9 Å². The first kappa shape index (κ1) is 16.2. The first-order chi connectivity index (χ1) is 11.0. The molecule has 1 aliphatic heterocycles. The minimum atomic E-state index is -0.509. The summed E-state index contributed by atoms with van der Waals surface area (Å²) in [7, 11) is 0. The number of halogens is 2. The van der Waals surface area contributed by atoms with Crippen molar-refractivity contribution in [3.63, 3.8) is 0 Å². The van der Waals surface area contributed by atoms with Crippen molar-refractivity contribution in [2.45, 2.75) is 12.3 Å². The molecule has 124 valence electrons. The lowest BCUT2D eigenvalue weighted by atomic mass is 10.1. The Morgan fingerprint density at radius 1 is 1.22 bits per heavy atom. The zero-order chi connectivity index (χ0) is 16.6. The number of rotatable bonds is 3. The number of nitrogens with zero attached hydrogens (tertiary/aromatic N) is 2. The summed E-state index contributed by atoms with van der Waals surface area (Å²) in [6.07, 6.45) is 0.606. The maximum absolute atomic E-state index is 13.9. The Bertz CT molecular complexity index is 612. The zero-order valence-corrected chi connectivity index (χ0v) is 13.3. The van der Waals surface area contributed by atoms with E-state index in [9.17, 15) is 14.0 Å². The second-order valence-electron chi connectivity index (χ2n) is 5.95. The number of hydrogen-bond donors (Lipinski definition) is 1. The van der Waals surface area contributed by atoms with Crippen molar-refractivity contribution in [2.24, 2.45) is 5.92 Å². The molecule has 2 fully saturated rings. The van der Waals surface area contributed by atoms with Gasteiger partial charge in [-0.1, -0.05) is 17.7 Å². The Kier molecular flexibility index (Phi) is 4.55. The average molecular weight is 341 g/mol. The third kappa shape index (κ3) is 3.19. The van der Waals surface area contributed by atoms with E-state index in [2.05, 4.69) is 0 Å². The smallest absolute Gasteiger partial charge is 0.248 e. The molecular weight excluding hydrogens is 323 g/mol. The molecule has 5 nitrogen and oxygen atoms in total. The van der Waals surface area contributed by atoms with Gasteiger partial charge in [-0.3, -0.25) is 9.59 Å². The Morgan fingerprint density at radius 2 is 1.87 bits per heavy atom. The largest absolute Gasteiger partial charge is 0.387 e. The molecule has 1 saturated carbocycles. The van der Waals surface area contributed by atoms with Crippen LogP contribution >= 0.6 is 11.6 Å². The third-order valence-corrected chi connectivity index (χ3v) is 4.89. The summed E-state index contributed by atoms with van der Waals surface area (Å²) in [6.45, 7) is 1.22. The third-order valence-electron chi connectivity index (χ3n) is 4.56. The molecule has 0 bridgehead atoms. The molecule has 23 heavy (non-hydrogen) atoms. The molecule has 2 atom stereocenters. The molecule has 1 aliphatic carbocycles. The molecule has 1 saturated heterocycles. The molecule has 0 aromatic heterocycles. The van der Waals surface area contributed by atoms with Gasteiger partial charge in [0.25, 0.3) is 0 Å². The summed E-state index contributed by atoms with van der Waals surface area (Å²) in [6, 6.07) is 4.55. The normalized spacial score (nSPS) is 23.8.